The Kier molecular flexibility index (Phi) is 5.88. The molecule has 0 radical (unpaired) electrons. The average Bonchev–Trinajstić information content (AvgIpc) is 3.01. The van der Waals surface area contributed by atoms with Crippen LogP contribution in [0.2, 0.25) is 0 Å². The summed E-state index contributed by atoms with van der Waals surface area (Å²) in [7, 11) is 0. The predicted octanol–water partition coefficient (Wildman–Crippen LogP) is 3.33. The number of nitrogens with zero attached hydrogens (tertiary/aromatic N) is 1. The van der Waals surface area contributed by atoms with E-state index in [9.17, 15) is 9.59 Å². The number of amides is 2. The fourth-order valence-electron chi connectivity index (χ4n) is 4.89. The summed E-state index contributed by atoms with van der Waals surface area (Å²) in [5.74, 6) is 1.39. The third-order valence-electron chi connectivity index (χ3n) is 6.30. The van der Waals surface area contributed by atoms with E-state index in [0.29, 0.717) is 18.3 Å². The molecule has 3 N–H and O–H groups in total. The minimum Gasteiger partial charge on any atom is -0.327 e. The third kappa shape index (κ3) is 3.74. The Balaban J connectivity index is 0.00000196. The number of hydrogen-bond donors (Lipinski definition) is 2. The smallest absolute Gasteiger partial charge is 0.227 e. The van der Waals surface area contributed by atoms with Crippen LogP contribution in [0.15, 0.2) is 24.3 Å². The zero-order valence-electron chi connectivity index (χ0n) is 15.0. The van der Waals surface area contributed by atoms with Crippen molar-refractivity contribution in [2.24, 2.45) is 23.5 Å². The average molecular weight is 378 g/mol. The molecule has 3 fully saturated rings. The second-order valence-electron chi connectivity index (χ2n) is 7.88. The lowest BCUT2D eigenvalue weighted by Crippen LogP contribution is -2.48. The number of nitrogens with two attached hydrogens (primary N) is 1. The van der Waals surface area contributed by atoms with E-state index in [1.165, 1.54) is 19.3 Å². The van der Waals surface area contributed by atoms with Crippen molar-refractivity contribution in [1.29, 1.82) is 0 Å². The molecule has 2 amide bonds. The van der Waals surface area contributed by atoms with Crippen LogP contribution >= 0.6 is 12.4 Å². The molecule has 5 nitrogen and oxygen atoms in total. The van der Waals surface area contributed by atoms with Gasteiger partial charge in [0.05, 0.1) is 0 Å². The standard InChI is InChI=1S/C20H27N3O2.ClH/c21-19-13-3-1-4-14(19)12-15(11-13)20(25)22-16-6-8-17(9-7-16)23-10-2-5-18(23)24;/h6-9,13-15,19H,1-5,10-12,21H2,(H,22,25);1H. The van der Waals surface area contributed by atoms with Crippen LogP contribution in [0.5, 0.6) is 0 Å². The Hall–Kier alpha value is -1.59. The fraction of sp³-hybridized carbons (Fsp3) is 0.600. The first-order valence-corrected chi connectivity index (χ1v) is 9.58. The molecule has 3 aliphatic rings. The minimum absolute atomic E-state index is 0. The fourth-order valence-corrected chi connectivity index (χ4v) is 4.89. The number of rotatable bonds is 3. The summed E-state index contributed by atoms with van der Waals surface area (Å²) in [4.78, 5) is 26.3. The molecule has 0 aromatic heterocycles. The molecule has 1 heterocycles. The molecule has 0 spiro atoms. The minimum atomic E-state index is 0. The third-order valence-corrected chi connectivity index (χ3v) is 6.30. The van der Waals surface area contributed by atoms with Gasteiger partial charge in [-0.05, 0) is 68.2 Å². The van der Waals surface area contributed by atoms with Crippen molar-refractivity contribution in [2.45, 2.75) is 51.0 Å². The topological polar surface area (TPSA) is 75.4 Å². The molecular weight excluding hydrogens is 350 g/mol. The Bertz CT molecular complexity index is 650. The quantitative estimate of drug-likeness (QED) is 0.848. The normalized spacial score (nSPS) is 30.7. The SMILES string of the molecule is Cl.NC1C2CCCC1CC(C(=O)Nc1ccc(N3CCCC3=O)cc1)C2. The van der Waals surface area contributed by atoms with E-state index in [2.05, 4.69) is 5.32 Å². The Labute approximate surface area is 161 Å². The highest BCUT2D eigenvalue weighted by Gasteiger charge is 2.40. The van der Waals surface area contributed by atoms with Gasteiger partial charge in [0.15, 0.2) is 0 Å². The van der Waals surface area contributed by atoms with Gasteiger partial charge >= 0.3 is 0 Å². The molecule has 1 saturated heterocycles. The highest BCUT2D eigenvalue weighted by atomic mass is 35.5. The van der Waals surface area contributed by atoms with E-state index in [0.717, 1.165) is 37.2 Å². The van der Waals surface area contributed by atoms with Gasteiger partial charge in [-0.3, -0.25) is 9.59 Å². The van der Waals surface area contributed by atoms with Crippen molar-refractivity contribution < 1.29 is 9.59 Å². The summed E-state index contributed by atoms with van der Waals surface area (Å²) < 4.78 is 0. The van der Waals surface area contributed by atoms with Crippen LogP contribution in [-0.2, 0) is 9.59 Å². The van der Waals surface area contributed by atoms with E-state index in [1.807, 2.05) is 29.2 Å². The predicted molar refractivity (Wildman–Crippen MR) is 105 cm³/mol. The van der Waals surface area contributed by atoms with Gasteiger partial charge in [0, 0.05) is 36.3 Å². The van der Waals surface area contributed by atoms with Gasteiger partial charge in [-0.1, -0.05) is 6.42 Å². The van der Waals surface area contributed by atoms with Gasteiger partial charge in [0.1, 0.15) is 0 Å². The summed E-state index contributed by atoms with van der Waals surface area (Å²) in [6.07, 6.45) is 6.98. The monoisotopic (exact) mass is 377 g/mol. The summed E-state index contributed by atoms with van der Waals surface area (Å²) in [6.45, 7) is 0.787. The Morgan fingerprint density at radius 3 is 2.31 bits per heavy atom. The lowest BCUT2D eigenvalue weighted by molar-refractivity contribution is -0.122. The molecule has 26 heavy (non-hydrogen) atoms. The van der Waals surface area contributed by atoms with E-state index >= 15 is 0 Å². The number of fused-ring (bicyclic) bond motifs is 2. The molecule has 2 aliphatic carbocycles. The number of anilines is 2. The van der Waals surface area contributed by atoms with Crippen LogP contribution < -0.4 is 16.0 Å². The van der Waals surface area contributed by atoms with E-state index in [-0.39, 0.29) is 36.2 Å². The van der Waals surface area contributed by atoms with Crippen molar-refractivity contribution in [3.63, 3.8) is 0 Å². The van der Waals surface area contributed by atoms with Crippen LogP contribution in [0, 0.1) is 17.8 Å². The first kappa shape index (κ1) is 19.2. The van der Waals surface area contributed by atoms with Gasteiger partial charge in [-0.2, -0.15) is 0 Å². The number of carbonyl (C=O) groups is 2. The van der Waals surface area contributed by atoms with Gasteiger partial charge in [-0.25, -0.2) is 0 Å². The van der Waals surface area contributed by atoms with Crippen molar-refractivity contribution in [3.05, 3.63) is 24.3 Å². The molecule has 2 bridgehead atoms. The zero-order valence-corrected chi connectivity index (χ0v) is 15.8. The number of benzene rings is 1. The summed E-state index contributed by atoms with van der Waals surface area (Å²) in [5.41, 5.74) is 8.04. The van der Waals surface area contributed by atoms with Crippen LogP contribution in [0.1, 0.15) is 44.9 Å². The summed E-state index contributed by atoms with van der Waals surface area (Å²) in [6, 6.07) is 7.92. The number of hydrogen-bond acceptors (Lipinski definition) is 3. The van der Waals surface area contributed by atoms with Crippen molar-refractivity contribution in [2.75, 3.05) is 16.8 Å². The van der Waals surface area contributed by atoms with Crippen molar-refractivity contribution in [1.82, 2.24) is 0 Å². The van der Waals surface area contributed by atoms with E-state index in [1.54, 1.807) is 0 Å². The van der Waals surface area contributed by atoms with Crippen molar-refractivity contribution in [3.8, 4) is 0 Å². The lowest BCUT2D eigenvalue weighted by Gasteiger charge is -2.43. The number of nitrogens with one attached hydrogen (secondary N) is 1. The molecule has 2 atom stereocenters. The zero-order chi connectivity index (χ0) is 17.4. The molecular formula is C20H28ClN3O2. The Morgan fingerprint density at radius 1 is 1.08 bits per heavy atom. The highest BCUT2D eigenvalue weighted by Crippen LogP contribution is 2.42. The molecule has 1 aromatic rings. The van der Waals surface area contributed by atoms with Crippen LogP contribution in [0.3, 0.4) is 0 Å². The molecule has 1 aliphatic heterocycles. The molecule has 2 saturated carbocycles. The van der Waals surface area contributed by atoms with Crippen LogP contribution in [-0.4, -0.2) is 24.4 Å². The maximum absolute atomic E-state index is 12.7. The summed E-state index contributed by atoms with van der Waals surface area (Å²) in [5, 5.41) is 3.06. The van der Waals surface area contributed by atoms with Gasteiger partial charge in [0.2, 0.25) is 11.8 Å². The molecule has 2 unspecified atom stereocenters. The van der Waals surface area contributed by atoms with Crippen LogP contribution in [0.25, 0.3) is 0 Å². The van der Waals surface area contributed by atoms with Gasteiger partial charge in [-0.15, -0.1) is 12.4 Å². The largest absolute Gasteiger partial charge is 0.327 e. The first-order chi connectivity index (χ1) is 12.1. The van der Waals surface area contributed by atoms with E-state index in [4.69, 9.17) is 5.73 Å². The van der Waals surface area contributed by atoms with Crippen molar-refractivity contribution >= 4 is 35.6 Å². The van der Waals surface area contributed by atoms with Gasteiger partial charge in [0.25, 0.3) is 0 Å². The maximum Gasteiger partial charge on any atom is 0.227 e. The second kappa shape index (κ2) is 7.97. The number of carbonyl (C=O) groups excluding carboxylic acids is 2. The molecule has 142 valence electrons. The highest BCUT2D eigenvalue weighted by molar-refractivity contribution is 5.96. The maximum atomic E-state index is 12.7. The first-order valence-electron chi connectivity index (χ1n) is 9.58. The molecule has 4 rings (SSSR count). The second-order valence-corrected chi connectivity index (χ2v) is 7.88. The molecule has 6 heteroatoms. The van der Waals surface area contributed by atoms with Gasteiger partial charge < -0.3 is 16.0 Å². The molecule has 1 aromatic carbocycles. The summed E-state index contributed by atoms with van der Waals surface area (Å²) >= 11 is 0. The lowest BCUT2D eigenvalue weighted by atomic mass is 9.65. The Morgan fingerprint density at radius 2 is 1.73 bits per heavy atom. The van der Waals surface area contributed by atoms with Crippen LogP contribution in [0.4, 0.5) is 11.4 Å². The number of halogens is 1. The van der Waals surface area contributed by atoms with E-state index < -0.39 is 0 Å².